The van der Waals surface area contributed by atoms with Crippen LogP contribution in [0.15, 0.2) is 48.5 Å². The maximum atomic E-state index is 12.3. The minimum Gasteiger partial charge on any atom is -0.376 e. The fourth-order valence-corrected chi connectivity index (χ4v) is 3.24. The molecule has 1 aliphatic heterocycles. The van der Waals surface area contributed by atoms with E-state index in [2.05, 4.69) is 5.32 Å². The summed E-state index contributed by atoms with van der Waals surface area (Å²) in [6.45, 7) is 1.35. The zero-order chi connectivity index (χ0) is 19.9. The SMILES string of the molecule is CN(C)C(=O)Cc1ccc(-c2ccc(C(=O)NC[C@@H]3CCCCO3)cc2)cc1. The van der Waals surface area contributed by atoms with Crippen LogP contribution in [0, 0.1) is 0 Å². The molecule has 0 aromatic heterocycles. The Morgan fingerprint density at radius 2 is 1.64 bits per heavy atom. The van der Waals surface area contributed by atoms with E-state index in [0.29, 0.717) is 18.5 Å². The van der Waals surface area contributed by atoms with Crippen molar-refractivity contribution in [3.8, 4) is 11.1 Å². The molecule has 0 unspecified atom stereocenters. The summed E-state index contributed by atoms with van der Waals surface area (Å²) < 4.78 is 5.65. The lowest BCUT2D eigenvalue weighted by Gasteiger charge is -2.22. The van der Waals surface area contributed by atoms with Gasteiger partial charge >= 0.3 is 0 Å². The molecule has 1 saturated heterocycles. The van der Waals surface area contributed by atoms with Gasteiger partial charge in [-0.2, -0.15) is 0 Å². The molecule has 1 heterocycles. The van der Waals surface area contributed by atoms with E-state index in [4.69, 9.17) is 4.74 Å². The van der Waals surface area contributed by atoms with Crippen molar-refractivity contribution in [1.82, 2.24) is 10.2 Å². The Morgan fingerprint density at radius 1 is 1.00 bits per heavy atom. The van der Waals surface area contributed by atoms with Gasteiger partial charge in [0.05, 0.1) is 12.5 Å². The Kier molecular flexibility index (Phi) is 6.82. The zero-order valence-corrected chi connectivity index (χ0v) is 16.6. The van der Waals surface area contributed by atoms with E-state index >= 15 is 0 Å². The molecule has 1 fully saturated rings. The average Bonchev–Trinajstić information content (AvgIpc) is 2.73. The molecule has 148 valence electrons. The number of nitrogens with zero attached hydrogens (tertiary/aromatic N) is 1. The van der Waals surface area contributed by atoms with E-state index in [1.54, 1.807) is 19.0 Å². The van der Waals surface area contributed by atoms with Crippen molar-refractivity contribution in [3.05, 3.63) is 59.7 Å². The number of rotatable bonds is 6. The predicted molar refractivity (Wildman–Crippen MR) is 110 cm³/mol. The highest BCUT2D eigenvalue weighted by Gasteiger charge is 2.15. The Labute approximate surface area is 166 Å². The van der Waals surface area contributed by atoms with E-state index in [1.807, 2.05) is 48.5 Å². The lowest BCUT2D eigenvalue weighted by atomic mass is 10.0. The fraction of sp³-hybridized carbons (Fsp3) is 0.391. The number of carbonyl (C=O) groups is 2. The predicted octanol–water partition coefficient (Wildman–Crippen LogP) is 3.28. The first-order valence-corrected chi connectivity index (χ1v) is 9.82. The van der Waals surface area contributed by atoms with Gasteiger partial charge < -0.3 is 15.0 Å². The Balaban J connectivity index is 1.57. The van der Waals surface area contributed by atoms with Crippen LogP contribution in [0.1, 0.15) is 35.2 Å². The highest BCUT2D eigenvalue weighted by atomic mass is 16.5. The standard InChI is InChI=1S/C23H28N2O3/c1-25(2)22(26)15-17-6-8-18(9-7-17)19-10-12-20(13-11-19)23(27)24-16-21-5-3-4-14-28-21/h6-13,21H,3-5,14-16H2,1-2H3,(H,24,27)/t21-/m0/s1. The number of ether oxygens (including phenoxy) is 1. The van der Waals surface area contributed by atoms with Crippen LogP contribution in [0.25, 0.3) is 11.1 Å². The van der Waals surface area contributed by atoms with Crippen LogP contribution in [0.5, 0.6) is 0 Å². The van der Waals surface area contributed by atoms with Gasteiger partial charge in [0.15, 0.2) is 0 Å². The van der Waals surface area contributed by atoms with Gasteiger partial charge in [-0.15, -0.1) is 0 Å². The maximum absolute atomic E-state index is 12.3. The number of hydrogen-bond acceptors (Lipinski definition) is 3. The largest absolute Gasteiger partial charge is 0.376 e. The van der Waals surface area contributed by atoms with Gasteiger partial charge in [-0.3, -0.25) is 9.59 Å². The van der Waals surface area contributed by atoms with Gasteiger partial charge in [-0.1, -0.05) is 36.4 Å². The minimum absolute atomic E-state index is 0.0710. The molecule has 0 spiro atoms. The third-order valence-electron chi connectivity index (χ3n) is 5.05. The van der Waals surface area contributed by atoms with Crippen LogP contribution in [0.3, 0.4) is 0 Å². The van der Waals surface area contributed by atoms with E-state index in [1.165, 1.54) is 0 Å². The fourth-order valence-electron chi connectivity index (χ4n) is 3.24. The van der Waals surface area contributed by atoms with Gasteiger partial charge in [0, 0.05) is 32.8 Å². The molecule has 0 aliphatic carbocycles. The van der Waals surface area contributed by atoms with Gasteiger partial charge in [0.25, 0.3) is 5.91 Å². The molecule has 0 saturated carbocycles. The van der Waals surface area contributed by atoms with Gasteiger partial charge in [-0.05, 0) is 48.1 Å². The second kappa shape index (κ2) is 9.51. The first-order valence-electron chi connectivity index (χ1n) is 9.82. The van der Waals surface area contributed by atoms with Crippen LogP contribution >= 0.6 is 0 Å². The van der Waals surface area contributed by atoms with Crippen LogP contribution in [-0.2, 0) is 16.0 Å². The average molecular weight is 380 g/mol. The number of nitrogens with one attached hydrogen (secondary N) is 1. The van der Waals surface area contributed by atoms with Crippen LogP contribution < -0.4 is 5.32 Å². The second-order valence-electron chi connectivity index (χ2n) is 7.44. The van der Waals surface area contributed by atoms with Gasteiger partial charge in [0.1, 0.15) is 0 Å². The monoisotopic (exact) mass is 380 g/mol. The summed E-state index contributed by atoms with van der Waals surface area (Å²) in [4.78, 5) is 25.7. The molecule has 1 atom stereocenters. The summed E-state index contributed by atoms with van der Waals surface area (Å²) in [6, 6.07) is 15.5. The van der Waals surface area contributed by atoms with Crippen molar-refractivity contribution in [2.45, 2.75) is 31.8 Å². The lowest BCUT2D eigenvalue weighted by molar-refractivity contribution is -0.127. The minimum atomic E-state index is -0.0710. The van der Waals surface area contributed by atoms with Gasteiger partial charge in [0.2, 0.25) is 5.91 Å². The summed E-state index contributed by atoms with van der Waals surface area (Å²) in [7, 11) is 3.52. The molecule has 2 aromatic carbocycles. The van der Waals surface area contributed by atoms with Crippen LogP contribution in [0.4, 0.5) is 0 Å². The van der Waals surface area contributed by atoms with Crippen LogP contribution in [0.2, 0.25) is 0 Å². The third-order valence-corrected chi connectivity index (χ3v) is 5.05. The molecular weight excluding hydrogens is 352 g/mol. The van der Waals surface area contributed by atoms with E-state index in [9.17, 15) is 9.59 Å². The molecule has 28 heavy (non-hydrogen) atoms. The highest BCUT2D eigenvalue weighted by Crippen LogP contribution is 2.21. The summed E-state index contributed by atoms with van der Waals surface area (Å²) in [5.74, 6) is 0.0139. The quantitative estimate of drug-likeness (QED) is 0.837. The molecule has 2 aromatic rings. The van der Waals surface area contributed by atoms with Crippen molar-refractivity contribution in [1.29, 1.82) is 0 Å². The molecule has 1 N–H and O–H groups in total. The van der Waals surface area contributed by atoms with E-state index < -0.39 is 0 Å². The van der Waals surface area contributed by atoms with Gasteiger partial charge in [-0.25, -0.2) is 0 Å². The van der Waals surface area contributed by atoms with Crippen molar-refractivity contribution < 1.29 is 14.3 Å². The Hall–Kier alpha value is -2.66. The molecule has 0 bridgehead atoms. The topological polar surface area (TPSA) is 58.6 Å². The summed E-state index contributed by atoms with van der Waals surface area (Å²) >= 11 is 0. The number of hydrogen-bond donors (Lipinski definition) is 1. The summed E-state index contributed by atoms with van der Waals surface area (Å²) in [5.41, 5.74) is 3.73. The molecular formula is C23H28N2O3. The lowest BCUT2D eigenvalue weighted by Crippen LogP contribution is -2.35. The number of likely N-dealkylation sites (N-methyl/N-ethyl adjacent to an activating group) is 1. The Morgan fingerprint density at radius 3 is 2.21 bits per heavy atom. The smallest absolute Gasteiger partial charge is 0.251 e. The first-order chi connectivity index (χ1) is 13.5. The van der Waals surface area contributed by atoms with Crippen molar-refractivity contribution in [3.63, 3.8) is 0 Å². The third kappa shape index (κ3) is 5.42. The summed E-state index contributed by atoms with van der Waals surface area (Å²) in [5, 5.41) is 2.96. The van der Waals surface area contributed by atoms with Crippen molar-refractivity contribution >= 4 is 11.8 Å². The molecule has 3 rings (SSSR count). The molecule has 5 heteroatoms. The van der Waals surface area contributed by atoms with Crippen molar-refractivity contribution in [2.24, 2.45) is 0 Å². The van der Waals surface area contributed by atoms with Crippen LogP contribution in [-0.4, -0.2) is 50.1 Å². The van der Waals surface area contributed by atoms with E-state index in [0.717, 1.165) is 42.6 Å². The number of carbonyl (C=O) groups excluding carboxylic acids is 2. The molecule has 2 amide bonds. The Bertz CT molecular complexity index is 792. The number of benzene rings is 2. The maximum Gasteiger partial charge on any atom is 0.251 e. The normalized spacial score (nSPS) is 16.4. The first kappa shape index (κ1) is 20.1. The molecule has 5 nitrogen and oxygen atoms in total. The summed E-state index contributed by atoms with van der Waals surface area (Å²) in [6.07, 6.45) is 3.82. The highest BCUT2D eigenvalue weighted by molar-refractivity contribution is 5.94. The second-order valence-corrected chi connectivity index (χ2v) is 7.44. The van der Waals surface area contributed by atoms with E-state index in [-0.39, 0.29) is 17.9 Å². The molecule has 0 radical (unpaired) electrons. The number of amides is 2. The molecule has 1 aliphatic rings. The zero-order valence-electron chi connectivity index (χ0n) is 16.6. The van der Waals surface area contributed by atoms with Crippen molar-refractivity contribution in [2.75, 3.05) is 27.2 Å².